The Hall–Kier alpha value is 0.0700. The van der Waals surface area contributed by atoms with E-state index in [1.165, 1.54) is 12.2 Å². The minimum Gasteiger partial charge on any atom is -0.354 e. The predicted molar refractivity (Wildman–Crippen MR) is 82.7 cm³/mol. The van der Waals surface area contributed by atoms with Crippen molar-refractivity contribution in [3.63, 3.8) is 0 Å². The van der Waals surface area contributed by atoms with Crippen molar-refractivity contribution in [3.8, 4) is 0 Å². The second-order valence-electron chi connectivity index (χ2n) is 5.15. The molecule has 1 rings (SSSR count). The van der Waals surface area contributed by atoms with Gasteiger partial charge in [0.15, 0.2) is 0 Å². The minimum absolute atomic E-state index is 0. The Morgan fingerprint density at radius 1 is 1.50 bits per heavy atom. The molecule has 0 aliphatic carbocycles. The van der Waals surface area contributed by atoms with E-state index in [9.17, 15) is 4.79 Å². The number of carbonyl (C=O) groups excluding carboxylic acids is 1. The largest absolute Gasteiger partial charge is 0.354 e. The normalized spacial score (nSPS) is 22.7. The Morgan fingerprint density at radius 3 is 2.78 bits per heavy atom. The van der Waals surface area contributed by atoms with Crippen LogP contribution in [0.2, 0.25) is 0 Å². The van der Waals surface area contributed by atoms with E-state index in [1.807, 2.05) is 11.8 Å². The van der Waals surface area contributed by atoms with Gasteiger partial charge >= 0.3 is 0 Å². The lowest BCUT2D eigenvalue weighted by Crippen LogP contribution is -2.43. The fourth-order valence-corrected chi connectivity index (χ4v) is 3.09. The molecule has 0 bridgehead atoms. The molecule has 1 heterocycles. The highest BCUT2D eigenvalue weighted by Crippen LogP contribution is 2.12. The topological polar surface area (TPSA) is 41.1 Å². The molecular weight excluding hydrogens is 268 g/mol. The lowest BCUT2D eigenvalue weighted by molar-refractivity contribution is -0.122. The van der Waals surface area contributed by atoms with Crippen LogP contribution < -0.4 is 10.6 Å². The third-order valence-corrected chi connectivity index (χ3v) is 4.42. The SMILES string of the molecule is CCC(C)CC(C)NC(=O)CC1CSCCN1.Cl. The van der Waals surface area contributed by atoms with E-state index in [1.54, 1.807) is 0 Å². The quantitative estimate of drug-likeness (QED) is 0.791. The van der Waals surface area contributed by atoms with Crippen LogP contribution >= 0.6 is 24.2 Å². The highest BCUT2D eigenvalue weighted by Gasteiger charge is 2.18. The molecule has 108 valence electrons. The van der Waals surface area contributed by atoms with Crippen molar-refractivity contribution < 1.29 is 4.79 Å². The number of carbonyl (C=O) groups is 1. The van der Waals surface area contributed by atoms with Crippen LogP contribution in [0.25, 0.3) is 0 Å². The molecule has 0 aromatic rings. The van der Waals surface area contributed by atoms with Crippen molar-refractivity contribution >= 4 is 30.1 Å². The third-order valence-electron chi connectivity index (χ3n) is 3.29. The zero-order valence-corrected chi connectivity index (χ0v) is 13.3. The number of nitrogens with one attached hydrogen (secondary N) is 2. The molecule has 0 aromatic carbocycles. The molecule has 5 heteroatoms. The number of hydrogen-bond donors (Lipinski definition) is 2. The van der Waals surface area contributed by atoms with Crippen LogP contribution in [0.1, 0.15) is 40.0 Å². The van der Waals surface area contributed by atoms with Crippen LogP contribution in [0, 0.1) is 5.92 Å². The third kappa shape index (κ3) is 7.49. The zero-order valence-electron chi connectivity index (χ0n) is 11.7. The number of amides is 1. The Bertz CT molecular complexity index is 235. The molecular formula is C13H27ClN2OS. The van der Waals surface area contributed by atoms with Crippen LogP contribution in [0.3, 0.4) is 0 Å². The maximum Gasteiger partial charge on any atom is 0.221 e. The summed E-state index contributed by atoms with van der Waals surface area (Å²) in [5.74, 6) is 3.12. The van der Waals surface area contributed by atoms with E-state index in [4.69, 9.17) is 0 Å². The van der Waals surface area contributed by atoms with Gasteiger partial charge in [-0.1, -0.05) is 20.3 Å². The molecule has 0 spiro atoms. The van der Waals surface area contributed by atoms with E-state index in [0.29, 0.717) is 24.4 Å². The molecule has 3 atom stereocenters. The van der Waals surface area contributed by atoms with Gasteiger partial charge in [-0.25, -0.2) is 0 Å². The number of hydrogen-bond acceptors (Lipinski definition) is 3. The van der Waals surface area contributed by atoms with E-state index >= 15 is 0 Å². The molecule has 3 unspecified atom stereocenters. The first-order chi connectivity index (χ1) is 8.11. The van der Waals surface area contributed by atoms with Crippen LogP contribution in [0.5, 0.6) is 0 Å². The summed E-state index contributed by atoms with van der Waals surface area (Å²) in [4.78, 5) is 11.8. The summed E-state index contributed by atoms with van der Waals surface area (Å²) in [6, 6.07) is 0.665. The molecule has 18 heavy (non-hydrogen) atoms. The number of halogens is 1. The molecule has 1 aliphatic rings. The summed E-state index contributed by atoms with van der Waals surface area (Å²) in [7, 11) is 0. The Balaban J connectivity index is 0.00000289. The van der Waals surface area contributed by atoms with E-state index < -0.39 is 0 Å². The smallest absolute Gasteiger partial charge is 0.221 e. The summed E-state index contributed by atoms with van der Waals surface area (Å²) in [6.45, 7) is 7.57. The van der Waals surface area contributed by atoms with Gasteiger partial charge in [-0.15, -0.1) is 12.4 Å². The fourth-order valence-electron chi connectivity index (χ4n) is 2.14. The number of thioether (sulfide) groups is 1. The van der Waals surface area contributed by atoms with Crippen LogP contribution in [-0.4, -0.2) is 36.0 Å². The lowest BCUT2D eigenvalue weighted by atomic mass is 10.0. The fraction of sp³-hybridized carbons (Fsp3) is 0.923. The van der Waals surface area contributed by atoms with Crippen molar-refractivity contribution in [1.29, 1.82) is 0 Å². The van der Waals surface area contributed by atoms with Gasteiger partial charge in [0.05, 0.1) is 0 Å². The Morgan fingerprint density at radius 2 is 2.22 bits per heavy atom. The van der Waals surface area contributed by atoms with Gasteiger partial charge < -0.3 is 10.6 Å². The first kappa shape index (κ1) is 18.1. The summed E-state index contributed by atoms with van der Waals surface area (Å²) in [6.07, 6.45) is 2.88. The Labute approximate surface area is 122 Å². The van der Waals surface area contributed by atoms with Crippen molar-refractivity contribution in [1.82, 2.24) is 10.6 Å². The maximum atomic E-state index is 11.8. The van der Waals surface area contributed by atoms with Gasteiger partial charge in [-0.2, -0.15) is 11.8 Å². The van der Waals surface area contributed by atoms with Crippen LogP contribution in [-0.2, 0) is 4.79 Å². The van der Waals surface area contributed by atoms with Gasteiger partial charge in [0.1, 0.15) is 0 Å². The summed E-state index contributed by atoms with van der Waals surface area (Å²) < 4.78 is 0. The molecule has 1 saturated heterocycles. The van der Waals surface area contributed by atoms with Crippen molar-refractivity contribution in [3.05, 3.63) is 0 Å². The predicted octanol–water partition coefficient (Wildman–Crippen LogP) is 2.44. The van der Waals surface area contributed by atoms with E-state index in [0.717, 1.165) is 18.7 Å². The molecule has 0 aromatic heterocycles. The van der Waals surface area contributed by atoms with Gasteiger partial charge in [0.2, 0.25) is 5.91 Å². The van der Waals surface area contributed by atoms with Gasteiger partial charge in [-0.05, 0) is 19.3 Å². The average Bonchev–Trinajstić information content (AvgIpc) is 2.29. The first-order valence-corrected chi connectivity index (χ1v) is 7.87. The highest BCUT2D eigenvalue weighted by atomic mass is 35.5. The second-order valence-corrected chi connectivity index (χ2v) is 6.30. The molecule has 3 nitrogen and oxygen atoms in total. The standard InChI is InChI=1S/C13H26N2OS.ClH/c1-4-10(2)7-11(3)15-13(16)8-12-9-17-6-5-14-12;/h10-12,14H,4-9H2,1-3H3,(H,15,16);1H. The van der Waals surface area contributed by atoms with Crippen molar-refractivity contribution in [2.24, 2.45) is 5.92 Å². The van der Waals surface area contributed by atoms with Gasteiger partial charge in [0, 0.05) is 36.6 Å². The molecule has 2 N–H and O–H groups in total. The summed E-state index contributed by atoms with van der Waals surface area (Å²) in [5, 5.41) is 6.50. The van der Waals surface area contributed by atoms with E-state index in [2.05, 4.69) is 31.4 Å². The van der Waals surface area contributed by atoms with Gasteiger partial charge in [-0.3, -0.25) is 4.79 Å². The van der Waals surface area contributed by atoms with Gasteiger partial charge in [0.25, 0.3) is 0 Å². The summed E-state index contributed by atoms with van der Waals surface area (Å²) in [5.41, 5.74) is 0. The van der Waals surface area contributed by atoms with Crippen molar-refractivity contribution in [2.75, 3.05) is 18.1 Å². The average molecular weight is 295 g/mol. The highest BCUT2D eigenvalue weighted by molar-refractivity contribution is 7.99. The lowest BCUT2D eigenvalue weighted by Gasteiger charge is -2.24. The molecule has 1 fully saturated rings. The Kier molecular flexibility index (Phi) is 9.97. The van der Waals surface area contributed by atoms with Crippen LogP contribution in [0.15, 0.2) is 0 Å². The second kappa shape index (κ2) is 9.93. The zero-order chi connectivity index (χ0) is 12.7. The molecule has 1 aliphatic heterocycles. The maximum absolute atomic E-state index is 11.8. The molecule has 0 saturated carbocycles. The molecule has 0 radical (unpaired) electrons. The first-order valence-electron chi connectivity index (χ1n) is 6.72. The van der Waals surface area contributed by atoms with Crippen molar-refractivity contribution in [2.45, 2.75) is 52.1 Å². The monoisotopic (exact) mass is 294 g/mol. The minimum atomic E-state index is 0. The number of rotatable bonds is 6. The van der Waals surface area contributed by atoms with Crippen LogP contribution in [0.4, 0.5) is 0 Å². The summed E-state index contributed by atoms with van der Waals surface area (Å²) >= 11 is 1.94. The molecule has 1 amide bonds. The van der Waals surface area contributed by atoms with E-state index in [-0.39, 0.29) is 18.3 Å².